The second-order valence-electron chi connectivity index (χ2n) is 4.77. The van der Waals surface area contributed by atoms with E-state index in [1.807, 2.05) is 6.07 Å². The van der Waals surface area contributed by atoms with E-state index in [2.05, 4.69) is 32.7 Å². The third-order valence-electron chi connectivity index (χ3n) is 2.71. The summed E-state index contributed by atoms with van der Waals surface area (Å²) < 4.78 is 11.3. The predicted octanol–water partition coefficient (Wildman–Crippen LogP) is 3.10. The van der Waals surface area contributed by atoms with Crippen molar-refractivity contribution in [3.8, 4) is 11.5 Å². The van der Waals surface area contributed by atoms with E-state index in [0.717, 1.165) is 22.9 Å². The summed E-state index contributed by atoms with van der Waals surface area (Å²) in [4.78, 5) is 4.68. The number of rotatable bonds is 2. The molecule has 3 heteroatoms. The lowest BCUT2D eigenvalue weighted by Gasteiger charge is -2.23. The molecule has 0 saturated heterocycles. The molecule has 0 fully saturated rings. The molecule has 88 valence electrons. The van der Waals surface area contributed by atoms with Gasteiger partial charge in [0.2, 0.25) is 0 Å². The van der Waals surface area contributed by atoms with E-state index in [9.17, 15) is 0 Å². The molecule has 0 amide bonds. The zero-order chi connectivity index (χ0) is 11.7. The summed E-state index contributed by atoms with van der Waals surface area (Å²) in [5.41, 5.74) is 2.09. The lowest BCUT2D eigenvalue weighted by atomic mass is 10.0. The Balaban J connectivity index is 2.52. The number of pyridine rings is 1. The molecule has 0 aromatic carbocycles. The molecule has 1 aliphatic rings. The van der Waals surface area contributed by atoms with E-state index >= 15 is 0 Å². The minimum Gasteiger partial charge on any atom is -0.486 e. The maximum atomic E-state index is 5.66. The molecule has 2 rings (SSSR count). The molecule has 0 unspecified atom stereocenters. The standard InChI is InChI=1S/C13H19NO2/c1-8(2)10-7-11-13(16-6-5-15-11)12(14-10)9(3)4/h7-9H,5-6H2,1-4H3. The Hall–Kier alpha value is -1.25. The van der Waals surface area contributed by atoms with Crippen LogP contribution in [0.5, 0.6) is 11.5 Å². The van der Waals surface area contributed by atoms with E-state index in [4.69, 9.17) is 9.47 Å². The number of ether oxygens (including phenoxy) is 2. The van der Waals surface area contributed by atoms with E-state index in [1.54, 1.807) is 0 Å². The van der Waals surface area contributed by atoms with E-state index in [0.29, 0.717) is 25.0 Å². The Kier molecular flexibility index (Phi) is 3.03. The quantitative estimate of drug-likeness (QED) is 0.769. The van der Waals surface area contributed by atoms with E-state index in [1.165, 1.54) is 0 Å². The fourth-order valence-electron chi connectivity index (χ4n) is 1.78. The lowest BCUT2D eigenvalue weighted by molar-refractivity contribution is 0.168. The van der Waals surface area contributed by atoms with Crippen LogP contribution in [0.25, 0.3) is 0 Å². The average molecular weight is 221 g/mol. The SMILES string of the molecule is CC(C)c1cc2c(c(C(C)C)n1)OCCO2. The van der Waals surface area contributed by atoms with Crippen LogP contribution in [0, 0.1) is 0 Å². The lowest BCUT2D eigenvalue weighted by Crippen LogP contribution is -2.18. The maximum absolute atomic E-state index is 5.66. The molecule has 16 heavy (non-hydrogen) atoms. The van der Waals surface area contributed by atoms with Gasteiger partial charge >= 0.3 is 0 Å². The van der Waals surface area contributed by atoms with Gasteiger partial charge in [-0.05, 0) is 11.8 Å². The first kappa shape index (κ1) is 11.2. The molecule has 0 N–H and O–H groups in total. The molecule has 0 atom stereocenters. The van der Waals surface area contributed by atoms with Crippen LogP contribution in [0.1, 0.15) is 50.9 Å². The van der Waals surface area contributed by atoms with Gasteiger partial charge in [0.1, 0.15) is 13.2 Å². The normalized spacial score (nSPS) is 14.6. The molecule has 0 bridgehead atoms. The zero-order valence-corrected chi connectivity index (χ0v) is 10.4. The van der Waals surface area contributed by atoms with Crippen LogP contribution in [-0.2, 0) is 0 Å². The molecule has 0 radical (unpaired) electrons. The number of aromatic nitrogens is 1. The average Bonchev–Trinajstić information content (AvgIpc) is 2.27. The van der Waals surface area contributed by atoms with Crippen LogP contribution < -0.4 is 9.47 Å². The number of hydrogen-bond acceptors (Lipinski definition) is 3. The second-order valence-corrected chi connectivity index (χ2v) is 4.77. The van der Waals surface area contributed by atoms with Gasteiger partial charge < -0.3 is 9.47 Å². The summed E-state index contributed by atoms with van der Waals surface area (Å²) in [6, 6.07) is 2.00. The Morgan fingerprint density at radius 1 is 1.06 bits per heavy atom. The highest BCUT2D eigenvalue weighted by Gasteiger charge is 2.21. The zero-order valence-electron chi connectivity index (χ0n) is 10.4. The van der Waals surface area contributed by atoms with Crippen LogP contribution in [-0.4, -0.2) is 18.2 Å². The monoisotopic (exact) mass is 221 g/mol. The molecule has 1 aliphatic heterocycles. The van der Waals surface area contributed by atoms with Gasteiger partial charge in [-0.2, -0.15) is 0 Å². The highest BCUT2D eigenvalue weighted by Crippen LogP contribution is 2.38. The first-order chi connectivity index (χ1) is 7.59. The Bertz CT molecular complexity index is 386. The number of hydrogen-bond donors (Lipinski definition) is 0. The summed E-state index contributed by atoms with van der Waals surface area (Å²) in [5.74, 6) is 2.46. The van der Waals surface area contributed by atoms with Crippen molar-refractivity contribution >= 4 is 0 Å². The minimum absolute atomic E-state index is 0.356. The molecule has 0 aliphatic carbocycles. The molecule has 1 aromatic heterocycles. The topological polar surface area (TPSA) is 31.4 Å². The van der Waals surface area contributed by atoms with Gasteiger partial charge in [-0.25, -0.2) is 0 Å². The summed E-state index contributed by atoms with van der Waals surface area (Å²) >= 11 is 0. The van der Waals surface area contributed by atoms with Crippen molar-refractivity contribution in [2.45, 2.75) is 39.5 Å². The first-order valence-electron chi connectivity index (χ1n) is 5.90. The van der Waals surface area contributed by atoms with Crippen molar-refractivity contribution < 1.29 is 9.47 Å². The second kappa shape index (κ2) is 4.32. The first-order valence-corrected chi connectivity index (χ1v) is 5.90. The van der Waals surface area contributed by atoms with Gasteiger partial charge in [0.05, 0.1) is 5.69 Å². The fourth-order valence-corrected chi connectivity index (χ4v) is 1.78. The van der Waals surface area contributed by atoms with Crippen LogP contribution in [0.4, 0.5) is 0 Å². The van der Waals surface area contributed by atoms with Crippen molar-refractivity contribution in [1.82, 2.24) is 4.98 Å². The molecule has 2 heterocycles. The predicted molar refractivity (Wildman–Crippen MR) is 63.4 cm³/mol. The summed E-state index contributed by atoms with van der Waals surface area (Å²) in [6.07, 6.45) is 0. The Morgan fingerprint density at radius 2 is 1.75 bits per heavy atom. The third kappa shape index (κ3) is 1.99. The van der Waals surface area contributed by atoms with Crippen molar-refractivity contribution in [3.05, 3.63) is 17.5 Å². The Labute approximate surface area is 96.8 Å². The fraction of sp³-hybridized carbons (Fsp3) is 0.615. The van der Waals surface area contributed by atoms with Gasteiger partial charge in [0, 0.05) is 11.8 Å². The van der Waals surface area contributed by atoms with Gasteiger partial charge in [0.15, 0.2) is 11.5 Å². The van der Waals surface area contributed by atoms with Crippen molar-refractivity contribution in [1.29, 1.82) is 0 Å². The van der Waals surface area contributed by atoms with Gasteiger partial charge in [-0.1, -0.05) is 27.7 Å². The van der Waals surface area contributed by atoms with Crippen LogP contribution in [0.15, 0.2) is 6.07 Å². The summed E-state index contributed by atoms with van der Waals surface area (Å²) in [7, 11) is 0. The number of nitrogens with zero attached hydrogens (tertiary/aromatic N) is 1. The van der Waals surface area contributed by atoms with Gasteiger partial charge in [-0.3, -0.25) is 4.98 Å². The van der Waals surface area contributed by atoms with E-state index in [-0.39, 0.29) is 0 Å². The molecule has 1 aromatic rings. The van der Waals surface area contributed by atoms with Gasteiger partial charge in [0.25, 0.3) is 0 Å². The highest BCUT2D eigenvalue weighted by atomic mass is 16.6. The largest absolute Gasteiger partial charge is 0.486 e. The van der Waals surface area contributed by atoms with Crippen LogP contribution >= 0.6 is 0 Å². The minimum atomic E-state index is 0.356. The van der Waals surface area contributed by atoms with Crippen molar-refractivity contribution in [2.75, 3.05) is 13.2 Å². The smallest absolute Gasteiger partial charge is 0.183 e. The molecule has 3 nitrogen and oxygen atoms in total. The van der Waals surface area contributed by atoms with Crippen LogP contribution in [0.3, 0.4) is 0 Å². The maximum Gasteiger partial charge on any atom is 0.183 e. The summed E-state index contributed by atoms with van der Waals surface area (Å²) in [6.45, 7) is 9.79. The molecule has 0 spiro atoms. The molecular formula is C13H19NO2. The molecule has 0 saturated carbocycles. The van der Waals surface area contributed by atoms with Gasteiger partial charge in [-0.15, -0.1) is 0 Å². The third-order valence-corrected chi connectivity index (χ3v) is 2.71. The van der Waals surface area contributed by atoms with Crippen LogP contribution in [0.2, 0.25) is 0 Å². The van der Waals surface area contributed by atoms with Crippen molar-refractivity contribution in [3.63, 3.8) is 0 Å². The van der Waals surface area contributed by atoms with Crippen molar-refractivity contribution in [2.24, 2.45) is 0 Å². The Morgan fingerprint density at radius 3 is 2.38 bits per heavy atom. The summed E-state index contributed by atoms with van der Waals surface area (Å²) in [5, 5.41) is 0. The molecular weight excluding hydrogens is 202 g/mol. The number of fused-ring (bicyclic) bond motifs is 1. The highest BCUT2D eigenvalue weighted by molar-refractivity contribution is 5.47. The van der Waals surface area contributed by atoms with E-state index < -0.39 is 0 Å².